The van der Waals surface area contributed by atoms with Gasteiger partial charge in [-0.25, -0.2) is 4.79 Å². The van der Waals surface area contributed by atoms with Crippen LogP contribution in [-0.2, 0) is 4.74 Å². The van der Waals surface area contributed by atoms with Gasteiger partial charge >= 0.3 is 6.09 Å². The molecular formula is C5H11ClN2O2. The van der Waals surface area contributed by atoms with Gasteiger partial charge in [-0.1, -0.05) is 0 Å². The Labute approximate surface area is 65.7 Å². The molecule has 0 saturated carbocycles. The Kier molecular flexibility index (Phi) is 4.14. The number of rotatable bonds is 1. The third-order valence-electron chi connectivity index (χ3n) is 1.29. The molecule has 0 aromatic rings. The van der Waals surface area contributed by atoms with Gasteiger partial charge in [-0.2, -0.15) is 0 Å². The smallest absolute Gasteiger partial charge is 0.407 e. The Bertz CT molecular complexity index is 116. The molecule has 1 saturated heterocycles. The highest BCUT2D eigenvalue weighted by atomic mass is 35.5. The van der Waals surface area contributed by atoms with E-state index in [-0.39, 0.29) is 24.5 Å². The van der Waals surface area contributed by atoms with Crippen LogP contribution in [0.1, 0.15) is 0 Å². The van der Waals surface area contributed by atoms with Gasteiger partial charge in [0, 0.05) is 13.1 Å². The number of amides is 1. The van der Waals surface area contributed by atoms with E-state index in [0.29, 0.717) is 0 Å². The maximum atomic E-state index is 10.5. The summed E-state index contributed by atoms with van der Waals surface area (Å²) in [7, 11) is 1.36. The second kappa shape index (κ2) is 4.35. The van der Waals surface area contributed by atoms with Crippen molar-refractivity contribution < 1.29 is 9.53 Å². The van der Waals surface area contributed by atoms with Crippen molar-refractivity contribution in [2.75, 3.05) is 20.2 Å². The van der Waals surface area contributed by atoms with Crippen LogP contribution in [0.15, 0.2) is 0 Å². The topological polar surface area (TPSA) is 50.4 Å². The highest BCUT2D eigenvalue weighted by molar-refractivity contribution is 5.85. The summed E-state index contributed by atoms with van der Waals surface area (Å²) < 4.78 is 4.38. The second-order valence-electron chi connectivity index (χ2n) is 1.99. The molecule has 1 amide bonds. The molecule has 0 unspecified atom stereocenters. The molecule has 0 aromatic carbocycles. The zero-order valence-corrected chi connectivity index (χ0v) is 6.53. The molecule has 1 aliphatic heterocycles. The number of halogens is 1. The van der Waals surface area contributed by atoms with Gasteiger partial charge in [-0.05, 0) is 0 Å². The molecule has 1 rings (SSSR count). The summed E-state index contributed by atoms with van der Waals surface area (Å²) in [6.45, 7) is 1.71. The molecule has 0 bridgehead atoms. The highest BCUT2D eigenvalue weighted by Gasteiger charge is 2.18. The number of carbonyl (C=O) groups excluding carboxylic acids is 1. The van der Waals surface area contributed by atoms with Crippen molar-refractivity contribution in [2.45, 2.75) is 6.04 Å². The lowest BCUT2D eigenvalue weighted by molar-refractivity contribution is 0.162. The summed E-state index contributed by atoms with van der Waals surface area (Å²) in [5.74, 6) is 0. The zero-order chi connectivity index (χ0) is 6.69. The fraction of sp³-hybridized carbons (Fsp3) is 0.800. The first-order valence-corrected chi connectivity index (χ1v) is 2.88. The third kappa shape index (κ3) is 2.41. The van der Waals surface area contributed by atoms with Gasteiger partial charge in [-0.15, -0.1) is 12.4 Å². The molecule has 10 heavy (non-hydrogen) atoms. The van der Waals surface area contributed by atoms with Crippen LogP contribution in [0.5, 0.6) is 0 Å². The molecule has 60 valence electrons. The van der Waals surface area contributed by atoms with Gasteiger partial charge in [0.2, 0.25) is 0 Å². The molecule has 0 spiro atoms. The molecular weight excluding hydrogens is 156 g/mol. The van der Waals surface area contributed by atoms with Crippen LogP contribution in [0.4, 0.5) is 4.79 Å². The molecule has 0 aliphatic carbocycles. The number of carbonyl (C=O) groups is 1. The molecule has 1 fully saturated rings. The Morgan fingerprint density at radius 2 is 2.30 bits per heavy atom. The summed E-state index contributed by atoms with van der Waals surface area (Å²) in [4.78, 5) is 10.5. The lowest BCUT2D eigenvalue weighted by Gasteiger charge is -2.26. The van der Waals surface area contributed by atoms with Crippen LogP contribution in [0.25, 0.3) is 0 Å². The van der Waals surface area contributed by atoms with Crippen LogP contribution in [0, 0.1) is 0 Å². The quantitative estimate of drug-likeness (QED) is 0.564. The standard InChI is InChI=1S/C5H10N2O2.ClH/c1-9-5(8)7-4-2-6-3-4;/h4,6H,2-3H2,1H3,(H,7,8);1H. The van der Waals surface area contributed by atoms with E-state index in [1.807, 2.05) is 0 Å². The molecule has 0 radical (unpaired) electrons. The number of hydrogen-bond donors (Lipinski definition) is 2. The predicted octanol–water partition coefficient (Wildman–Crippen LogP) is -0.264. The molecule has 4 nitrogen and oxygen atoms in total. The molecule has 0 aromatic heterocycles. The zero-order valence-electron chi connectivity index (χ0n) is 5.72. The van der Waals surface area contributed by atoms with Gasteiger partial charge in [0.15, 0.2) is 0 Å². The Morgan fingerprint density at radius 3 is 2.60 bits per heavy atom. The maximum absolute atomic E-state index is 10.5. The average Bonchev–Trinajstić information content (AvgIpc) is 1.78. The van der Waals surface area contributed by atoms with Crippen molar-refractivity contribution in [1.82, 2.24) is 10.6 Å². The first-order valence-electron chi connectivity index (χ1n) is 2.88. The minimum Gasteiger partial charge on any atom is -0.453 e. The van der Waals surface area contributed by atoms with Crippen LogP contribution < -0.4 is 10.6 Å². The summed E-state index contributed by atoms with van der Waals surface area (Å²) in [6, 6.07) is 0.275. The minimum absolute atomic E-state index is 0. The summed E-state index contributed by atoms with van der Waals surface area (Å²) in [5, 5.41) is 5.66. The second-order valence-corrected chi connectivity index (χ2v) is 1.99. The summed E-state index contributed by atoms with van der Waals surface area (Å²) in [5.41, 5.74) is 0. The number of methoxy groups -OCH3 is 1. The lowest BCUT2D eigenvalue weighted by Crippen LogP contribution is -2.56. The van der Waals surface area contributed by atoms with Crippen molar-refractivity contribution >= 4 is 18.5 Å². The van der Waals surface area contributed by atoms with Crippen LogP contribution in [0.3, 0.4) is 0 Å². The Morgan fingerprint density at radius 1 is 1.70 bits per heavy atom. The van der Waals surface area contributed by atoms with Crippen molar-refractivity contribution in [3.63, 3.8) is 0 Å². The first kappa shape index (κ1) is 9.52. The van der Waals surface area contributed by atoms with Gasteiger partial charge < -0.3 is 15.4 Å². The average molecular weight is 167 g/mol. The van der Waals surface area contributed by atoms with Gasteiger partial charge in [0.25, 0.3) is 0 Å². The normalized spacial score (nSPS) is 16.5. The molecule has 1 heterocycles. The van der Waals surface area contributed by atoms with Crippen LogP contribution >= 0.6 is 12.4 Å². The van der Waals surface area contributed by atoms with Gasteiger partial charge in [0.05, 0.1) is 13.2 Å². The van der Waals surface area contributed by atoms with E-state index in [9.17, 15) is 4.79 Å². The highest BCUT2D eigenvalue weighted by Crippen LogP contribution is 1.89. The van der Waals surface area contributed by atoms with E-state index < -0.39 is 0 Å². The summed E-state index contributed by atoms with van der Waals surface area (Å²) >= 11 is 0. The van der Waals surface area contributed by atoms with E-state index >= 15 is 0 Å². The Hall–Kier alpha value is -0.480. The van der Waals surface area contributed by atoms with E-state index in [2.05, 4.69) is 15.4 Å². The van der Waals surface area contributed by atoms with Gasteiger partial charge in [-0.3, -0.25) is 0 Å². The van der Waals surface area contributed by atoms with E-state index in [4.69, 9.17) is 0 Å². The largest absolute Gasteiger partial charge is 0.453 e. The van der Waals surface area contributed by atoms with Crippen molar-refractivity contribution in [3.8, 4) is 0 Å². The molecule has 0 atom stereocenters. The number of alkyl carbamates (subject to hydrolysis) is 1. The number of hydrogen-bond acceptors (Lipinski definition) is 3. The predicted molar refractivity (Wildman–Crippen MR) is 39.4 cm³/mol. The van der Waals surface area contributed by atoms with Crippen LogP contribution in [0.2, 0.25) is 0 Å². The number of ether oxygens (including phenoxy) is 1. The minimum atomic E-state index is -0.346. The van der Waals surface area contributed by atoms with E-state index in [0.717, 1.165) is 13.1 Å². The van der Waals surface area contributed by atoms with Crippen molar-refractivity contribution in [3.05, 3.63) is 0 Å². The van der Waals surface area contributed by atoms with Crippen molar-refractivity contribution in [1.29, 1.82) is 0 Å². The number of nitrogens with one attached hydrogen (secondary N) is 2. The Balaban J connectivity index is 0.000000810. The maximum Gasteiger partial charge on any atom is 0.407 e. The lowest BCUT2D eigenvalue weighted by atomic mass is 10.2. The molecule has 5 heteroatoms. The van der Waals surface area contributed by atoms with Gasteiger partial charge in [0.1, 0.15) is 0 Å². The first-order chi connectivity index (χ1) is 4.33. The fourth-order valence-electron chi connectivity index (χ4n) is 0.616. The van der Waals surface area contributed by atoms with E-state index in [1.165, 1.54) is 7.11 Å². The monoisotopic (exact) mass is 166 g/mol. The SMILES string of the molecule is COC(=O)NC1CNC1.Cl. The third-order valence-corrected chi connectivity index (χ3v) is 1.29. The molecule has 1 aliphatic rings. The molecule has 2 N–H and O–H groups in total. The van der Waals surface area contributed by atoms with Crippen LogP contribution in [-0.4, -0.2) is 32.3 Å². The van der Waals surface area contributed by atoms with E-state index in [1.54, 1.807) is 0 Å². The van der Waals surface area contributed by atoms with Crippen molar-refractivity contribution in [2.24, 2.45) is 0 Å². The fourth-order valence-corrected chi connectivity index (χ4v) is 0.616. The summed E-state index contributed by atoms with van der Waals surface area (Å²) in [6.07, 6.45) is -0.346.